The molecule has 0 radical (unpaired) electrons. The Labute approximate surface area is 178 Å². The summed E-state index contributed by atoms with van der Waals surface area (Å²) in [7, 11) is -3.89. The monoisotopic (exact) mass is 461 g/mol. The number of hydrogen-bond acceptors (Lipinski definition) is 3. The van der Waals surface area contributed by atoms with Crippen LogP contribution >= 0.6 is 34.8 Å². The highest BCUT2D eigenvalue weighted by atomic mass is 35.5. The van der Waals surface area contributed by atoms with E-state index >= 15 is 0 Å². The minimum absolute atomic E-state index is 0.0191. The van der Waals surface area contributed by atoms with Gasteiger partial charge in [-0.1, -0.05) is 34.8 Å². The molecule has 0 saturated carbocycles. The molecule has 1 fully saturated rings. The average Bonchev–Trinajstić information content (AvgIpc) is 2.67. The van der Waals surface area contributed by atoms with Crippen molar-refractivity contribution in [1.29, 1.82) is 0 Å². The van der Waals surface area contributed by atoms with Gasteiger partial charge in [0.1, 0.15) is 0 Å². The second-order valence-corrected chi connectivity index (χ2v) is 9.26. The highest BCUT2D eigenvalue weighted by Gasteiger charge is 2.19. The number of rotatable bonds is 4. The van der Waals surface area contributed by atoms with Crippen molar-refractivity contribution < 1.29 is 13.2 Å². The van der Waals surface area contributed by atoms with E-state index in [1.807, 2.05) is 0 Å². The molecule has 0 aliphatic carbocycles. The molecular formula is C18H18Cl3N3O3S. The first-order valence-electron chi connectivity index (χ1n) is 8.59. The maximum atomic E-state index is 12.6. The summed E-state index contributed by atoms with van der Waals surface area (Å²) in [6, 6.07) is 8.40. The van der Waals surface area contributed by atoms with Gasteiger partial charge < -0.3 is 10.2 Å². The number of carbonyl (C=O) groups excluding carboxylic acids is 1. The number of halogens is 3. The van der Waals surface area contributed by atoms with Gasteiger partial charge in [0.2, 0.25) is 0 Å². The molecule has 0 bridgehead atoms. The zero-order chi connectivity index (χ0) is 20.3. The molecule has 2 aromatic rings. The maximum absolute atomic E-state index is 12.6. The van der Waals surface area contributed by atoms with Crippen LogP contribution in [0.4, 0.5) is 16.2 Å². The van der Waals surface area contributed by atoms with Crippen LogP contribution in [0.1, 0.15) is 19.3 Å². The third-order valence-corrected chi connectivity index (χ3v) is 6.73. The molecule has 1 aliphatic rings. The van der Waals surface area contributed by atoms with E-state index in [0.717, 1.165) is 32.4 Å². The van der Waals surface area contributed by atoms with Gasteiger partial charge in [0.05, 0.1) is 25.7 Å². The quantitative estimate of drug-likeness (QED) is 0.592. The first kappa shape index (κ1) is 21.0. The molecule has 3 rings (SSSR count). The third-order valence-electron chi connectivity index (χ3n) is 4.31. The predicted octanol–water partition coefficient (Wildman–Crippen LogP) is 5.47. The van der Waals surface area contributed by atoms with Crippen LogP contribution in [0, 0.1) is 0 Å². The van der Waals surface area contributed by atoms with Gasteiger partial charge in [-0.15, -0.1) is 0 Å². The Balaban J connectivity index is 1.71. The van der Waals surface area contributed by atoms with Crippen molar-refractivity contribution >= 4 is 62.2 Å². The second-order valence-electron chi connectivity index (χ2n) is 6.35. The number of sulfonamides is 1. The predicted molar refractivity (Wildman–Crippen MR) is 113 cm³/mol. The van der Waals surface area contributed by atoms with Gasteiger partial charge in [0, 0.05) is 18.8 Å². The molecule has 0 aromatic heterocycles. The first-order valence-corrected chi connectivity index (χ1v) is 11.2. The number of carbonyl (C=O) groups is 1. The molecular weight excluding hydrogens is 445 g/mol. The van der Waals surface area contributed by atoms with Crippen molar-refractivity contribution in [3.63, 3.8) is 0 Å². The number of nitrogens with zero attached hydrogens (tertiary/aromatic N) is 1. The van der Waals surface area contributed by atoms with Crippen molar-refractivity contribution in [1.82, 2.24) is 4.90 Å². The lowest BCUT2D eigenvalue weighted by molar-refractivity contribution is 0.200. The van der Waals surface area contributed by atoms with E-state index in [0.29, 0.717) is 5.69 Å². The molecule has 28 heavy (non-hydrogen) atoms. The van der Waals surface area contributed by atoms with Crippen molar-refractivity contribution in [3.8, 4) is 0 Å². The number of benzene rings is 2. The first-order chi connectivity index (χ1) is 13.3. The van der Waals surface area contributed by atoms with E-state index in [1.165, 1.54) is 36.4 Å². The zero-order valence-electron chi connectivity index (χ0n) is 14.7. The van der Waals surface area contributed by atoms with Gasteiger partial charge in [0.15, 0.2) is 0 Å². The number of nitrogens with one attached hydrogen (secondary N) is 2. The SMILES string of the molecule is O=C(Nc1ccc(S(=O)(=O)Nc2cc(Cl)c(Cl)cc2Cl)cc1)N1CCCCC1. The summed E-state index contributed by atoms with van der Waals surface area (Å²) >= 11 is 17.8. The van der Waals surface area contributed by atoms with Gasteiger partial charge in [-0.3, -0.25) is 4.72 Å². The van der Waals surface area contributed by atoms with E-state index in [9.17, 15) is 13.2 Å². The molecule has 6 nitrogen and oxygen atoms in total. The number of hydrogen-bond donors (Lipinski definition) is 2. The normalized spacial score (nSPS) is 14.6. The molecule has 1 aliphatic heterocycles. The summed E-state index contributed by atoms with van der Waals surface area (Å²) in [6.07, 6.45) is 3.12. The fraction of sp³-hybridized carbons (Fsp3) is 0.278. The fourth-order valence-electron chi connectivity index (χ4n) is 2.82. The Morgan fingerprint density at radius 1 is 0.893 bits per heavy atom. The summed E-state index contributed by atoms with van der Waals surface area (Å²) in [5.74, 6) is 0. The van der Waals surface area contributed by atoms with Gasteiger partial charge in [-0.25, -0.2) is 13.2 Å². The van der Waals surface area contributed by atoms with Crippen LogP contribution in [-0.2, 0) is 10.0 Å². The number of likely N-dealkylation sites (tertiary alicyclic amines) is 1. The Morgan fingerprint density at radius 3 is 2.14 bits per heavy atom. The van der Waals surface area contributed by atoms with E-state index in [4.69, 9.17) is 34.8 Å². The minimum Gasteiger partial charge on any atom is -0.325 e. The fourth-order valence-corrected chi connectivity index (χ4v) is 4.54. The summed E-state index contributed by atoms with van der Waals surface area (Å²) < 4.78 is 27.6. The van der Waals surface area contributed by atoms with Gasteiger partial charge >= 0.3 is 6.03 Å². The van der Waals surface area contributed by atoms with Crippen LogP contribution in [0.15, 0.2) is 41.3 Å². The van der Waals surface area contributed by atoms with Crippen molar-refractivity contribution in [3.05, 3.63) is 51.5 Å². The highest BCUT2D eigenvalue weighted by Crippen LogP contribution is 2.33. The number of urea groups is 1. The number of amides is 2. The molecule has 2 aromatic carbocycles. The standard InChI is InChI=1S/C18H18Cl3N3O3S/c19-14-10-16(21)17(11-15(14)20)23-28(26,27)13-6-4-12(5-7-13)22-18(25)24-8-2-1-3-9-24/h4-7,10-11,23H,1-3,8-9H2,(H,22,25). The maximum Gasteiger partial charge on any atom is 0.321 e. The lowest BCUT2D eigenvalue weighted by atomic mass is 10.1. The highest BCUT2D eigenvalue weighted by molar-refractivity contribution is 7.92. The second kappa shape index (κ2) is 8.78. The summed E-state index contributed by atoms with van der Waals surface area (Å²) in [6.45, 7) is 1.46. The van der Waals surface area contributed by atoms with E-state index in [1.54, 1.807) is 4.90 Å². The Kier molecular flexibility index (Phi) is 6.60. The zero-order valence-corrected chi connectivity index (χ0v) is 17.8. The summed E-state index contributed by atoms with van der Waals surface area (Å²) in [5.41, 5.74) is 0.639. The molecule has 2 N–H and O–H groups in total. The van der Waals surface area contributed by atoms with Crippen LogP contribution in [0.5, 0.6) is 0 Å². The lowest BCUT2D eigenvalue weighted by Gasteiger charge is -2.26. The van der Waals surface area contributed by atoms with Crippen molar-refractivity contribution in [2.75, 3.05) is 23.1 Å². The van der Waals surface area contributed by atoms with Crippen LogP contribution in [0.3, 0.4) is 0 Å². The summed E-state index contributed by atoms with van der Waals surface area (Å²) in [4.78, 5) is 14.0. The summed E-state index contributed by atoms with van der Waals surface area (Å²) in [5, 5.41) is 3.31. The Hall–Kier alpha value is -1.67. The third kappa shape index (κ3) is 5.03. The van der Waals surface area contributed by atoms with Crippen molar-refractivity contribution in [2.45, 2.75) is 24.2 Å². The molecule has 150 valence electrons. The van der Waals surface area contributed by atoms with Crippen molar-refractivity contribution in [2.24, 2.45) is 0 Å². The smallest absolute Gasteiger partial charge is 0.321 e. The molecule has 10 heteroatoms. The Morgan fingerprint density at radius 2 is 1.50 bits per heavy atom. The largest absolute Gasteiger partial charge is 0.325 e. The molecule has 1 saturated heterocycles. The van der Waals surface area contributed by atoms with E-state index in [-0.39, 0.29) is 31.7 Å². The van der Waals surface area contributed by atoms with Crippen LogP contribution in [-0.4, -0.2) is 32.4 Å². The van der Waals surface area contributed by atoms with E-state index < -0.39 is 10.0 Å². The van der Waals surface area contributed by atoms with Gasteiger partial charge in [0.25, 0.3) is 10.0 Å². The molecule has 0 spiro atoms. The number of anilines is 2. The lowest BCUT2D eigenvalue weighted by Crippen LogP contribution is -2.38. The Bertz CT molecular complexity index is 976. The van der Waals surface area contributed by atoms with Crippen LogP contribution < -0.4 is 10.0 Å². The molecule has 0 unspecified atom stereocenters. The topological polar surface area (TPSA) is 78.5 Å². The van der Waals surface area contributed by atoms with Crippen LogP contribution in [0.2, 0.25) is 15.1 Å². The van der Waals surface area contributed by atoms with Crippen LogP contribution in [0.25, 0.3) is 0 Å². The van der Waals surface area contributed by atoms with E-state index in [2.05, 4.69) is 10.0 Å². The average molecular weight is 463 g/mol. The minimum atomic E-state index is -3.89. The molecule has 0 atom stereocenters. The van der Waals surface area contributed by atoms with Gasteiger partial charge in [-0.2, -0.15) is 0 Å². The molecule has 1 heterocycles. The molecule has 2 amide bonds. The van der Waals surface area contributed by atoms with Gasteiger partial charge in [-0.05, 0) is 55.7 Å². The number of piperidine rings is 1.